The summed E-state index contributed by atoms with van der Waals surface area (Å²) in [4.78, 5) is 11.7. The Balaban J connectivity index is 1.82. The first-order valence-electron chi connectivity index (χ1n) is 5.78. The molecule has 92 valence electrons. The molecule has 1 fully saturated rings. The van der Waals surface area contributed by atoms with Crippen LogP contribution in [0.3, 0.4) is 0 Å². The van der Waals surface area contributed by atoms with Gasteiger partial charge in [-0.2, -0.15) is 0 Å². The maximum Gasteiger partial charge on any atom is 0.340 e. The van der Waals surface area contributed by atoms with Crippen molar-refractivity contribution in [3.63, 3.8) is 0 Å². The summed E-state index contributed by atoms with van der Waals surface area (Å²) in [5, 5.41) is 0. The predicted molar refractivity (Wildman–Crippen MR) is 64.5 cm³/mol. The molecule has 1 aliphatic carbocycles. The summed E-state index contributed by atoms with van der Waals surface area (Å²) < 4.78 is 10.3. The Hall–Kier alpha value is -1.55. The lowest BCUT2D eigenvalue weighted by Crippen LogP contribution is -2.11. The van der Waals surface area contributed by atoms with Crippen molar-refractivity contribution in [2.24, 2.45) is 5.92 Å². The molecule has 0 unspecified atom stereocenters. The van der Waals surface area contributed by atoms with Crippen molar-refractivity contribution in [2.45, 2.75) is 19.8 Å². The van der Waals surface area contributed by atoms with Crippen molar-refractivity contribution < 1.29 is 14.3 Å². The summed E-state index contributed by atoms with van der Waals surface area (Å²) in [6.07, 6.45) is 2.45. The zero-order valence-electron chi connectivity index (χ0n) is 9.94. The van der Waals surface area contributed by atoms with Crippen LogP contribution < -0.4 is 5.73 Å². The van der Waals surface area contributed by atoms with Crippen LogP contribution in [0.5, 0.6) is 0 Å². The predicted octanol–water partition coefficient (Wildman–Crippen LogP) is 2.12. The number of hydrogen-bond donors (Lipinski definition) is 1. The summed E-state index contributed by atoms with van der Waals surface area (Å²) in [7, 11) is 0. The highest BCUT2D eigenvalue weighted by Crippen LogP contribution is 2.28. The molecule has 1 aromatic rings. The third-order valence-corrected chi connectivity index (χ3v) is 2.81. The van der Waals surface area contributed by atoms with E-state index in [0.29, 0.717) is 23.8 Å². The van der Waals surface area contributed by atoms with E-state index in [-0.39, 0.29) is 12.8 Å². The Labute approximate surface area is 101 Å². The summed E-state index contributed by atoms with van der Waals surface area (Å²) in [5.74, 6) is 0.286. The van der Waals surface area contributed by atoms with Gasteiger partial charge in [-0.15, -0.1) is 0 Å². The molecule has 0 atom stereocenters. The SMILES string of the molecule is Cc1ccc(N)cc1C(=O)OCOCC1CC1. The fourth-order valence-corrected chi connectivity index (χ4v) is 1.53. The van der Waals surface area contributed by atoms with E-state index in [2.05, 4.69) is 0 Å². The van der Waals surface area contributed by atoms with Gasteiger partial charge in [0.25, 0.3) is 0 Å². The van der Waals surface area contributed by atoms with Gasteiger partial charge in [-0.05, 0) is 43.4 Å². The summed E-state index contributed by atoms with van der Waals surface area (Å²) in [5.41, 5.74) is 7.54. The highest BCUT2D eigenvalue weighted by molar-refractivity contribution is 5.92. The monoisotopic (exact) mass is 235 g/mol. The van der Waals surface area contributed by atoms with E-state index in [9.17, 15) is 4.79 Å². The number of aryl methyl sites for hydroxylation is 1. The van der Waals surface area contributed by atoms with Gasteiger partial charge in [0.05, 0.1) is 12.2 Å². The molecule has 17 heavy (non-hydrogen) atoms. The number of nitrogens with two attached hydrogens (primary N) is 1. The molecule has 1 aromatic carbocycles. The van der Waals surface area contributed by atoms with E-state index in [1.165, 1.54) is 12.8 Å². The molecule has 4 nitrogen and oxygen atoms in total. The number of ether oxygens (including phenoxy) is 2. The second kappa shape index (κ2) is 5.19. The van der Waals surface area contributed by atoms with E-state index >= 15 is 0 Å². The maximum atomic E-state index is 11.7. The first-order valence-corrected chi connectivity index (χ1v) is 5.78. The average Bonchev–Trinajstić information content (AvgIpc) is 3.11. The minimum Gasteiger partial charge on any atom is -0.435 e. The standard InChI is InChI=1S/C13H17NO3/c1-9-2-5-11(14)6-12(9)13(15)17-8-16-7-10-3-4-10/h2,5-6,10H,3-4,7-8,14H2,1H3. The lowest BCUT2D eigenvalue weighted by atomic mass is 10.1. The topological polar surface area (TPSA) is 61.6 Å². The van der Waals surface area contributed by atoms with E-state index in [4.69, 9.17) is 15.2 Å². The molecule has 0 heterocycles. The van der Waals surface area contributed by atoms with Gasteiger partial charge in [0, 0.05) is 5.69 Å². The maximum absolute atomic E-state index is 11.7. The van der Waals surface area contributed by atoms with Gasteiger partial charge in [-0.25, -0.2) is 4.79 Å². The molecule has 1 aliphatic rings. The van der Waals surface area contributed by atoms with E-state index in [1.54, 1.807) is 18.2 Å². The summed E-state index contributed by atoms with van der Waals surface area (Å²) in [6, 6.07) is 5.19. The van der Waals surface area contributed by atoms with Crippen LogP contribution in [0.4, 0.5) is 5.69 Å². The van der Waals surface area contributed by atoms with Gasteiger partial charge in [-0.3, -0.25) is 0 Å². The van der Waals surface area contributed by atoms with Crippen molar-refractivity contribution in [3.05, 3.63) is 29.3 Å². The Morgan fingerprint density at radius 3 is 2.94 bits per heavy atom. The normalized spacial score (nSPS) is 14.6. The van der Waals surface area contributed by atoms with Crippen LogP contribution in [0, 0.1) is 12.8 Å². The smallest absolute Gasteiger partial charge is 0.340 e. The third-order valence-electron chi connectivity index (χ3n) is 2.81. The van der Waals surface area contributed by atoms with Gasteiger partial charge in [0.1, 0.15) is 0 Å². The average molecular weight is 235 g/mol. The van der Waals surface area contributed by atoms with Crippen LogP contribution >= 0.6 is 0 Å². The summed E-state index contributed by atoms with van der Waals surface area (Å²) >= 11 is 0. The number of esters is 1. The molecule has 0 saturated heterocycles. The van der Waals surface area contributed by atoms with Crippen molar-refractivity contribution in [1.29, 1.82) is 0 Å². The summed E-state index contributed by atoms with van der Waals surface area (Å²) in [6.45, 7) is 2.55. The van der Waals surface area contributed by atoms with Crippen molar-refractivity contribution in [2.75, 3.05) is 19.1 Å². The van der Waals surface area contributed by atoms with Crippen LogP contribution in [0.1, 0.15) is 28.8 Å². The first kappa shape index (κ1) is 11.9. The Morgan fingerprint density at radius 2 is 2.24 bits per heavy atom. The van der Waals surface area contributed by atoms with Crippen LogP contribution in [-0.4, -0.2) is 19.4 Å². The number of benzene rings is 1. The first-order chi connectivity index (χ1) is 8.16. The molecule has 2 N–H and O–H groups in total. The highest BCUT2D eigenvalue weighted by Gasteiger charge is 2.21. The fraction of sp³-hybridized carbons (Fsp3) is 0.462. The number of carbonyl (C=O) groups is 1. The third kappa shape index (κ3) is 3.46. The zero-order chi connectivity index (χ0) is 12.3. The minimum absolute atomic E-state index is 0.0174. The van der Waals surface area contributed by atoms with Crippen molar-refractivity contribution in [1.82, 2.24) is 0 Å². The van der Waals surface area contributed by atoms with Crippen LogP contribution in [0.2, 0.25) is 0 Å². The quantitative estimate of drug-likeness (QED) is 0.367. The van der Waals surface area contributed by atoms with Gasteiger partial charge >= 0.3 is 5.97 Å². The molecular weight excluding hydrogens is 218 g/mol. The highest BCUT2D eigenvalue weighted by atomic mass is 16.7. The number of hydrogen-bond acceptors (Lipinski definition) is 4. The molecule has 4 heteroatoms. The lowest BCUT2D eigenvalue weighted by molar-refractivity contribution is -0.0345. The molecule has 0 amide bonds. The number of anilines is 1. The Morgan fingerprint density at radius 1 is 1.47 bits per heavy atom. The van der Waals surface area contributed by atoms with Gasteiger partial charge in [0.2, 0.25) is 0 Å². The van der Waals surface area contributed by atoms with Crippen molar-refractivity contribution in [3.8, 4) is 0 Å². The molecule has 0 aromatic heterocycles. The van der Waals surface area contributed by atoms with E-state index < -0.39 is 0 Å². The molecule has 0 aliphatic heterocycles. The van der Waals surface area contributed by atoms with Gasteiger partial charge in [-0.1, -0.05) is 6.07 Å². The molecule has 0 spiro atoms. The van der Waals surface area contributed by atoms with Crippen LogP contribution in [0.15, 0.2) is 18.2 Å². The molecular formula is C13H17NO3. The number of nitrogen functional groups attached to an aromatic ring is 1. The molecule has 2 rings (SSSR count). The Bertz CT molecular complexity index is 413. The van der Waals surface area contributed by atoms with Crippen LogP contribution in [-0.2, 0) is 9.47 Å². The minimum atomic E-state index is -0.384. The molecule has 1 saturated carbocycles. The zero-order valence-corrected chi connectivity index (χ0v) is 9.94. The van der Waals surface area contributed by atoms with Gasteiger partial charge < -0.3 is 15.2 Å². The van der Waals surface area contributed by atoms with Crippen molar-refractivity contribution >= 4 is 11.7 Å². The Kier molecular flexibility index (Phi) is 3.64. The second-order valence-electron chi connectivity index (χ2n) is 4.44. The molecule has 0 radical (unpaired) electrons. The van der Waals surface area contributed by atoms with Crippen LogP contribution in [0.25, 0.3) is 0 Å². The molecule has 0 bridgehead atoms. The number of rotatable bonds is 5. The fourth-order valence-electron chi connectivity index (χ4n) is 1.53. The largest absolute Gasteiger partial charge is 0.435 e. The lowest BCUT2D eigenvalue weighted by Gasteiger charge is -2.08. The van der Waals surface area contributed by atoms with E-state index in [0.717, 1.165) is 5.56 Å². The number of carbonyl (C=O) groups excluding carboxylic acids is 1. The van der Waals surface area contributed by atoms with E-state index in [1.807, 2.05) is 6.92 Å². The van der Waals surface area contributed by atoms with Gasteiger partial charge in [0.15, 0.2) is 6.79 Å². The second-order valence-corrected chi connectivity index (χ2v) is 4.44.